The number of rotatable bonds is 4. The lowest BCUT2D eigenvalue weighted by atomic mass is 9.39. The molecule has 2 unspecified atom stereocenters. The third-order valence-electron chi connectivity index (χ3n) is 5.05. The second-order valence-corrected chi connectivity index (χ2v) is 7.48. The molecule has 3 aromatic rings. The van der Waals surface area contributed by atoms with E-state index < -0.39 is 46.2 Å². The topological polar surface area (TPSA) is 96.7 Å². The van der Waals surface area contributed by atoms with Gasteiger partial charge >= 0.3 is 12.4 Å². The van der Waals surface area contributed by atoms with Gasteiger partial charge in [-0.25, -0.2) is 9.97 Å². The first kappa shape index (κ1) is 25.0. The average Bonchev–Trinajstić information content (AvgIpc) is 3.09. The number of hydrogen-bond acceptors (Lipinski definition) is 5. The summed E-state index contributed by atoms with van der Waals surface area (Å²) in [6, 6.07) is 2.50. The first-order chi connectivity index (χ1) is 14.9. The lowest BCUT2D eigenvalue weighted by Crippen LogP contribution is -2.50. The Labute approximate surface area is 187 Å². The summed E-state index contributed by atoms with van der Waals surface area (Å²) in [5, 5.41) is 17.9. The van der Waals surface area contributed by atoms with Gasteiger partial charge in [0.2, 0.25) is 5.60 Å². The zero-order valence-corrected chi connectivity index (χ0v) is 16.8. The lowest BCUT2D eigenvalue weighted by Gasteiger charge is -2.35. The maximum absolute atomic E-state index is 13.7. The summed E-state index contributed by atoms with van der Waals surface area (Å²) in [5.41, 5.74) is -1.39. The van der Waals surface area contributed by atoms with E-state index in [4.69, 9.17) is 29.3 Å². The minimum Gasteiger partial charge on any atom is -0.390 e. The Balaban J connectivity index is 2.40. The third-order valence-corrected chi connectivity index (χ3v) is 5.05. The monoisotopic (exact) mass is 464 g/mol. The highest BCUT2D eigenvalue weighted by Gasteiger charge is 2.58. The number of alkyl halides is 6. The fourth-order valence-electron chi connectivity index (χ4n) is 3.36. The molecule has 6 radical (unpaired) electrons. The van der Waals surface area contributed by atoms with Crippen LogP contribution in [0, 0.1) is 0 Å². The number of hydrogen-bond donors (Lipinski definition) is 3. The maximum Gasteiger partial charge on any atom is 0.434 e. The van der Waals surface area contributed by atoms with E-state index in [1.165, 1.54) is 0 Å². The Morgan fingerprint density at radius 3 is 2.18 bits per heavy atom. The first-order valence-electron chi connectivity index (χ1n) is 9.09. The van der Waals surface area contributed by atoms with Crippen LogP contribution in [0.3, 0.4) is 0 Å². The Morgan fingerprint density at radius 2 is 1.70 bits per heavy atom. The van der Waals surface area contributed by atoms with E-state index in [2.05, 4.69) is 9.97 Å². The van der Waals surface area contributed by atoms with Crippen molar-refractivity contribution in [2.24, 2.45) is 0 Å². The van der Waals surface area contributed by atoms with Crippen molar-refractivity contribution in [2.45, 2.75) is 36.1 Å². The molecule has 0 aliphatic rings. The van der Waals surface area contributed by atoms with Crippen molar-refractivity contribution in [3.8, 4) is 11.3 Å². The van der Waals surface area contributed by atoms with Gasteiger partial charge in [0.1, 0.15) is 0 Å². The Morgan fingerprint density at radius 1 is 1.09 bits per heavy atom. The molecule has 0 bridgehead atoms. The molecule has 1 aromatic carbocycles. The molecule has 0 aliphatic heterocycles. The number of aromatic nitrogens is 3. The van der Waals surface area contributed by atoms with Gasteiger partial charge in [0, 0.05) is 11.8 Å². The molecule has 6 nitrogen and oxygen atoms in total. The summed E-state index contributed by atoms with van der Waals surface area (Å²) < 4.78 is 81.6. The van der Waals surface area contributed by atoms with Crippen LogP contribution in [0.1, 0.15) is 23.7 Å². The van der Waals surface area contributed by atoms with E-state index in [-0.39, 0.29) is 22.5 Å². The van der Waals surface area contributed by atoms with Gasteiger partial charge in [-0.15, -0.1) is 5.11 Å². The minimum absolute atomic E-state index is 0.202. The van der Waals surface area contributed by atoms with Crippen molar-refractivity contribution in [3.63, 3.8) is 0 Å². The van der Waals surface area contributed by atoms with Gasteiger partial charge in [0.05, 0.1) is 41.5 Å². The van der Waals surface area contributed by atoms with E-state index in [0.29, 0.717) is 6.20 Å². The Kier molecular flexibility index (Phi) is 5.82. The molecule has 2 aromatic heterocycles. The van der Waals surface area contributed by atoms with E-state index >= 15 is 0 Å². The lowest BCUT2D eigenvalue weighted by molar-refractivity contribution is -0.295. The van der Waals surface area contributed by atoms with Gasteiger partial charge in [-0.3, -0.25) is 4.40 Å². The van der Waals surface area contributed by atoms with Gasteiger partial charge in [0.25, 0.3) is 0 Å². The van der Waals surface area contributed by atoms with Gasteiger partial charge < -0.3 is 15.9 Å². The van der Waals surface area contributed by atoms with Crippen LogP contribution in [0.5, 0.6) is 0 Å². The number of halogens is 6. The number of nitrogens with two attached hydrogens (primary N) is 1. The standard InChI is InChI=1S/C18H13B3F6N4O2/c1-7(32)15(33,18(25,26)27)8-2-3-10(16(19,20)21)9(4-8)11-5-29-14-13(28)30-12(6-31(11)14)17(22,23)24/h2-7,32-33H,1H3,(H2,28,30). The molecular weight excluding hydrogens is 451 g/mol. The quantitative estimate of drug-likeness (QED) is 0.405. The van der Waals surface area contributed by atoms with E-state index in [1.54, 1.807) is 0 Å². The van der Waals surface area contributed by atoms with Crippen molar-refractivity contribution in [3.05, 3.63) is 47.4 Å². The molecule has 168 valence electrons. The van der Waals surface area contributed by atoms with Crippen molar-refractivity contribution in [1.29, 1.82) is 0 Å². The van der Waals surface area contributed by atoms with Crippen LogP contribution in [0.15, 0.2) is 30.6 Å². The molecule has 0 saturated heterocycles. The molecular formula is C18H13B3F6N4O2. The highest BCUT2D eigenvalue weighted by molar-refractivity contribution is 6.59. The Bertz CT molecular complexity index is 1210. The largest absolute Gasteiger partial charge is 0.434 e. The zero-order chi connectivity index (χ0) is 25.1. The number of imidazole rings is 1. The summed E-state index contributed by atoms with van der Waals surface area (Å²) in [4.78, 5) is 7.10. The van der Waals surface area contributed by atoms with Crippen LogP contribution in [0.2, 0.25) is 0 Å². The summed E-state index contributed by atoms with van der Waals surface area (Å²) >= 11 is 0. The van der Waals surface area contributed by atoms with Crippen LogP contribution >= 0.6 is 0 Å². The molecule has 33 heavy (non-hydrogen) atoms. The van der Waals surface area contributed by atoms with Gasteiger partial charge in [-0.2, -0.15) is 26.3 Å². The van der Waals surface area contributed by atoms with Crippen molar-refractivity contribution < 1.29 is 36.6 Å². The summed E-state index contributed by atoms with van der Waals surface area (Å²) in [5.74, 6) is -0.607. The van der Waals surface area contributed by atoms with Crippen molar-refractivity contribution in [2.75, 3.05) is 5.73 Å². The van der Waals surface area contributed by atoms with Crippen molar-refractivity contribution in [1.82, 2.24) is 14.4 Å². The van der Waals surface area contributed by atoms with Crippen LogP contribution in [-0.4, -0.2) is 60.4 Å². The molecule has 0 amide bonds. The van der Waals surface area contributed by atoms with Gasteiger partial charge in [-0.1, -0.05) is 17.7 Å². The highest BCUT2D eigenvalue weighted by atomic mass is 19.4. The normalized spacial score (nSPS) is 16.0. The zero-order valence-electron chi connectivity index (χ0n) is 16.8. The van der Waals surface area contributed by atoms with E-state index in [0.717, 1.165) is 35.7 Å². The first-order valence-corrected chi connectivity index (χ1v) is 9.09. The van der Waals surface area contributed by atoms with Gasteiger partial charge in [0.15, 0.2) is 17.2 Å². The number of benzene rings is 1. The minimum atomic E-state index is -5.33. The summed E-state index contributed by atoms with van der Waals surface area (Å²) in [7, 11) is 17.1. The number of nitrogens with zero attached hydrogens (tertiary/aromatic N) is 3. The van der Waals surface area contributed by atoms with Crippen LogP contribution in [0.4, 0.5) is 32.2 Å². The van der Waals surface area contributed by atoms with Crippen LogP contribution in [-0.2, 0) is 16.9 Å². The van der Waals surface area contributed by atoms with Crippen LogP contribution in [0.25, 0.3) is 16.9 Å². The predicted molar refractivity (Wildman–Crippen MR) is 108 cm³/mol. The van der Waals surface area contributed by atoms with E-state index in [9.17, 15) is 36.6 Å². The molecule has 4 N–H and O–H groups in total. The van der Waals surface area contributed by atoms with Crippen molar-refractivity contribution >= 4 is 35.0 Å². The third kappa shape index (κ3) is 4.19. The highest BCUT2D eigenvalue weighted by Crippen LogP contribution is 2.44. The second-order valence-electron chi connectivity index (χ2n) is 7.48. The van der Waals surface area contributed by atoms with E-state index in [1.807, 2.05) is 0 Å². The fourth-order valence-corrected chi connectivity index (χ4v) is 3.36. The second kappa shape index (κ2) is 7.69. The number of nitrogen functional groups attached to an aromatic ring is 1. The number of anilines is 1. The molecule has 0 saturated carbocycles. The Hall–Kier alpha value is -2.67. The molecule has 3 rings (SSSR count). The fraction of sp³-hybridized carbons (Fsp3) is 0.333. The summed E-state index contributed by atoms with van der Waals surface area (Å²) in [6.07, 6.45) is -11.0. The number of aliphatic hydroxyl groups is 2. The maximum atomic E-state index is 13.7. The molecule has 2 heterocycles. The number of aliphatic hydroxyl groups excluding tert-OH is 1. The number of fused-ring (bicyclic) bond motifs is 1. The smallest absolute Gasteiger partial charge is 0.390 e. The molecule has 2 atom stereocenters. The SMILES string of the molecule is [B]C([B])([B])c1ccc(C(O)(C(C)O)C(F)(F)F)cc1-c1cnc2c(N)nc(C(F)(F)F)cn12. The van der Waals surface area contributed by atoms with Gasteiger partial charge in [-0.05, 0) is 18.6 Å². The summed E-state index contributed by atoms with van der Waals surface area (Å²) in [6.45, 7) is 0.719. The predicted octanol–water partition coefficient (Wildman–Crippen LogP) is 1.74. The average molecular weight is 464 g/mol. The molecule has 0 spiro atoms. The molecule has 0 fully saturated rings. The molecule has 15 heteroatoms. The van der Waals surface area contributed by atoms with Crippen LogP contribution < -0.4 is 5.73 Å². The molecule has 0 aliphatic carbocycles.